The molecule has 1 atom stereocenters. The van der Waals surface area contributed by atoms with E-state index >= 15 is 0 Å². The summed E-state index contributed by atoms with van der Waals surface area (Å²) >= 11 is 3.16. The van der Waals surface area contributed by atoms with Crippen LogP contribution in [-0.2, 0) is 0 Å². The number of hydrogen-bond donors (Lipinski definition) is 2. The van der Waals surface area contributed by atoms with Gasteiger partial charge >= 0.3 is 6.18 Å². The molecule has 0 aliphatic carbocycles. The Hall–Kier alpha value is 0.100. The fraction of sp³-hybridized carbons (Fsp3) is 1.00. The molecule has 0 saturated carbocycles. The minimum absolute atomic E-state index is 0.466. The van der Waals surface area contributed by atoms with Crippen molar-refractivity contribution >= 4 is 12.6 Å². The van der Waals surface area contributed by atoms with E-state index in [0.717, 1.165) is 0 Å². The molecule has 0 saturated heterocycles. The maximum Gasteiger partial charge on any atom is 0.401 e. The summed E-state index contributed by atoms with van der Waals surface area (Å²) in [6, 6.07) is 0. The van der Waals surface area contributed by atoms with Crippen LogP contribution >= 0.6 is 12.6 Å². The van der Waals surface area contributed by atoms with Gasteiger partial charge in [-0.1, -0.05) is 0 Å². The lowest BCUT2D eigenvalue weighted by Crippen LogP contribution is -2.30. The first kappa shape index (κ1) is 8.10. The van der Waals surface area contributed by atoms with Crippen LogP contribution in [0.4, 0.5) is 13.2 Å². The van der Waals surface area contributed by atoms with E-state index < -0.39 is 18.0 Å². The Morgan fingerprint density at radius 1 is 1.50 bits per heavy atom. The molecular weight excluding hydrogens is 139 g/mol. The molecule has 0 fully saturated rings. The largest absolute Gasteiger partial charge is 0.401 e. The van der Waals surface area contributed by atoms with Crippen LogP contribution in [0.5, 0.6) is 0 Å². The van der Waals surface area contributed by atoms with Crippen LogP contribution in [0.15, 0.2) is 0 Å². The Bertz CT molecular complexity index is 71.4. The van der Waals surface area contributed by atoms with Crippen molar-refractivity contribution in [1.82, 2.24) is 0 Å². The molecule has 1 unspecified atom stereocenters. The first-order valence-electron chi connectivity index (χ1n) is 1.93. The third kappa shape index (κ3) is 2.42. The summed E-state index contributed by atoms with van der Waals surface area (Å²) in [4.78, 5) is 0. The molecule has 0 aromatic carbocycles. The van der Waals surface area contributed by atoms with Crippen LogP contribution in [0, 0.1) is 0 Å². The second kappa shape index (κ2) is 2.59. The highest BCUT2D eigenvalue weighted by atomic mass is 32.1. The van der Waals surface area contributed by atoms with Gasteiger partial charge in [-0.05, 0) is 0 Å². The number of rotatable bonds is 1. The number of alkyl halides is 3. The van der Waals surface area contributed by atoms with Crippen molar-refractivity contribution in [2.24, 2.45) is 5.73 Å². The van der Waals surface area contributed by atoms with Gasteiger partial charge in [-0.2, -0.15) is 25.8 Å². The van der Waals surface area contributed by atoms with Gasteiger partial charge in [-0.15, -0.1) is 0 Å². The van der Waals surface area contributed by atoms with Crippen molar-refractivity contribution in [2.75, 3.05) is 6.54 Å². The van der Waals surface area contributed by atoms with Crippen LogP contribution in [0.1, 0.15) is 0 Å². The van der Waals surface area contributed by atoms with Crippen molar-refractivity contribution in [3.05, 3.63) is 0 Å². The second-order valence-corrected chi connectivity index (χ2v) is 1.92. The smallest absolute Gasteiger partial charge is 0.329 e. The second-order valence-electron chi connectivity index (χ2n) is 1.29. The van der Waals surface area contributed by atoms with Gasteiger partial charge in [-0.25, -0.2) is 0 Å². The third-order valence-corrected chi connectivity index (χ3v) is 1.10. The van der Waals surface area contributed by atoms with Gasteiger partial charge < -0.3 is 5.73 Å². The molecule has 0 radical (unpaired) electrons. The fourth-order valence-electron chi connectivity index (χ4n) is 0.134. The molecule has 0 heterocycles. The molecule has 0 aliphatic heterocycles. The third-order valence-electron chi connectivity index (χ3n) is 0.601. The predicted octanol–water partition coefficient (Wildman–Crippen LogP) is 0.806. The molecule has 5 heteroatoms. The van der Waals surface area contributed by atoms with Crippen molar-refractivity contribution in [1.29, 1.82) is 0 Å². The van der Waals surface area contributed by atoms with E-state index in [4.69, 9.17) is 0 Å². The topological polar surface area (TPSA) is 26.0 Å². The molecule has 2 N–H and O–H groups in total. The SMILES string of the molecule is NCC(S)C(F)(F)F. The minimum atomic E-state index is -4.25. The van der Waals surface area contributed by atoms with Gasteiger partial charge in [0.05, 0.1) is 0 Å². The average molecular weight is 145 g/mol. The summed E-state index contributed by atoms with van der Waals surface area (Å²) in [7, 11) is 0. The van der Waals surface area contributed by atoms with E-state index in [9.17, 15) is 13.2 Å². The predicted molar refractivity (Wildman–Crippen MR) is 27.9 cm³/mol. The molecule has 0 amide bonds. The van der Waals surface area contributed by atoms with E-state index in [-0.39, 0.29) is 0 Å². The summed E-state index contributed by atoms with van der Waals surface area (Å²) in [5.41, 5.74) is 4.66. The van der Waals surface area contributed by atoms with Gasteiger partial charge in [0.15, 0.2) is 0 Å². The molecule has 1 nitrogen and oxygen atoms in total. The van der Waals surface area contributed by atoms with E-state index in [0.29, 0.717) is 0 Å². The Labute approximate surface area is 50.5 Å². The molecule has 0 spiro atoms. The Kier molecular flexibility index (Phi) is 2.62. The van der Waals surface area contributed by atoms with Gasteiger partial charge in [0.2, 0.25) is 0 Å². The van der Waals surface area contributed by atoms with E-state index in [1.54, 1.807) is 0 Å². The van der Waals surface area contributed by atoms with Crippen LogP contribution < -0.4 is 5.73 Å². The van der Waals surface area contributed by atoms with Crippen LogP contribution in [0.3, 0.4) is 0 Å². The lowest BCUT2D eigenvalue weighted by Gasteiger charge is -2.10. The summed E-state index contributed by atoms with van der Waals surface area (Å²) < 4.78 is 33.9. The fourth-order valence-corrected chi connectivity index (χ4v) is 0.134. The first-order chi connectivity index (χ1) is 3.48. The van der Waals surface area contributed by atoms with Crippen molar-refractivity contribution in [3.63, 3.8) is 0 Å². The summed E-state index contributed by atoms with van der Waals surface area (Å²) in [6.45, 7) is -0.466. The zero-order valence-electron chi connectivity index (χ0n) is 3.94. The molecular formula is C3H6F3NS. The molecule has 50 valence electrons. The zero-order valence-corrected chi connectivity index (χ0v) is 4.84. The molecule has 0 rings (SSSR count). The van der Waals surface area contributed by atoms with E-state index in [1.165, 1.54) is 0 Å². The Morgan fingerprint density at radius 2 is 1.88 bits per heavy atom. The van der Waals surface area contributed by atoms with Gasteiger partial charge in [0, 0.05) is 6.54 Å². The lowest BCUT2D eigenvalue weighted by atomic mass is 10.4. The van der Waals surface area contributed by atoms with Crippen molar-refractivity contribution in [2.45, 2.75) is 11.4 Å². The van der Waals surface area contributed by atoms with E-state index in [1.807, 2.05) is 0 Å². The maximum atomic E-state index is 11.3. The maximum absolute atomic E-state index is 11.3. The molecule has 0 bridgehead atoms. The average Bonchev–Trinajstić information content (AvgIpc) is 1.62. The molecule has 8 heavy (non-hydrogen) atoms. The van der Waals surface area contributed by atoms with Crippen molar-refractivity contribution in [3.8, 4) is 0 Å². The highest BCUT2D eigenvalue weighted by molar-refractivity contribution is 7.81. The van der Waals surface area contributed by atoms with Gasteiger partial charge in [0.1, 0.15) is 5.25 Å². The quantitative estimate of drug-likeness (QED) is 0.524. The first-order valence-corrected chi connectivity index (χ1v) is 2.45. The Morgan fingerprint density at radius 3 is 1.88 bits per heavy atom. The Balaban J connectivity index is 3.62. The zero-order chi connectivity index (χ0) is 6.78. The monoisotopic (exact) mass is 145 g/mol. The number of thiol groups is 1. The molecule has 0 aromatic rings. The van der Waals surface area contributed by atoms with Gasteiger partial charge in [-0.3, -0.25) is 0 Å². The van der Waals surface area contributed by atoms with Crippen LogP contribution in [0.2, 0.25) is 0 Å². The summed E-state index contributed by atoms with van der Waals surface area (Å²) in [5, 5.41) is -1.68. The van der Waals surface area contributed by atoms with E-state index in [2.05, 4.69) is 18.4 Å². The standard InChI is InChI=1S/C3H6F3NS/c4-3(5,6)2(8)1-7/h2,8H,1,7H2. The molecule has 0 aliphatic rings. The van der Waals surface area contributed by atoms with Crippen LogP contribution in [-0.4, -0.2) is 18.0 Å². The number of halogens is 3. The number of nitrogens with two attached hydrogens (primary N) is 1. The van der Waals surface area contributed by atoms with Crippen LogP contribution in [0.25, 0.3) is 0 Å². The normalized spacial score (nSPS) is 16.1. The molecule has 0 aromatic heterocycles. The van der Waals surface area contributed by atoms with Gasteiger partial charge in [0.25, 0.3) is 0 Å². The number of hydrogen-bond acceptors (Lipinski definition) is 2. The minimum Gasteiger partial charge on any atom is -0.329 e. The highest BCUT2D eigenvalue weighted by Crippen LogP contribution is 2.22. The summed E-state index contributed by atoms with van der Waals surface area (Å²) in [5.74, 6) is 0. The highest BCUT2D eigenvalue weighted by Gasteiger charge is 2.35. The summed E-state index contributed by atoms with van der Waals surface area (Å²) in [6.07, 6.45) is -4.25. The lowest BCUT2D eigenvalue weighted by molar-refractivity contribution is -0.126. The van der Waals surface area contributed by atoms with Crippen molar-refractivity contribution < 1.29 is 13.2 Å².